The molecule has 1 atom stereocenters. The number of aliphatic carboxylic acids is 1. The predicted octanol–water partition coefficient (Wildman–Crippen LogP) is 1.20. The second kappa shape index (κ2) is 4.33. The van der Waals surface area contributed by atoms with E-state index in [2.05, 4.69) is 4.72 Å². The maximum absolute atomic E-state index is 11.9. The van der Waals surface area contributed by atoms with Crippen molar-refractivity contribution in [3.63, 3.8) is 0 Å². The molecule has 96 valence electrons. The van der Waals surface area contributed by atoms with E-state index in [1.165, 1.54) is 27.7 Å². The number of hydrogen-bond acceptors (Lipinski definition) is 3. The number of carbonyl (C=O) groups is 1. The van der Waals surface area contributed by atoms with Crippen molar-refractivity contribution in [2.75, 3.05) is 0 Å². The maximum Gasteiger partial charge on any atom is 0.324 e. The lowest BCUT2D eigenvalue weighted by atomic mass is 9.90. The van der Waals surface area contributed by atoms with Crippen LogP contribution in [0.4, 0.5) is 0 Å². The van der Waals surface area contributed by atoms with Gasteiger partial charge in [-0.3, -0.25) is 4.79 Å². The van der Waals surface area contributed by atoms with Crippen molar-refractivity contribution in [3.8, 4) is 0 Å². The van der Waals surface area contributed by atoms with Crippen LogP contribution in [-0.2, 0) is 14.8 Å². The monoisotopic (exact) mass is 251 g/mol. The van der Waals surface area contributed by atoms with Gasteiger partial charge >= 0.3 is 5.97 Å². The molecule has 0 aliphatic carbocycles. The molecule has 0 bridgehead atoms. The Hall–Kier alpha value is -0.620. The molecule has 0 aromatic heterocycles. The minimum absolute atomic E-state index is 0.345. The Morgan fingerprint density at radius 2 is 1.56 bits per heavy atom. The van der Waals surface area contributed by atoms with E-state index in [4.69, 9.17) is 5.11 Å². The summed E-state index contributed by atoms with van der Waals surface area (Å²) in [5, 5.41) is 9.11. The van der Waals surface area contributed by atoms with E-state index in [0.29, 0.717) is 0 Å². The lowest BCUT2D eigenvalue weighted by Crippen LogP contribution is -2.58. The zero-order valence-corrected chi connectivity index (χ0v) is 11.5. The molecule has 2 N–H and O–H groups in total. The summed E-state index contributed by atoms with van der Waals surface area (Å²) < 4.78 is 25.1. The van der Waals surface area contributed by atoms with Crippen molar-refractivity contribution >= 4 is 16.0 Å². The standard InChI is InChI=1S/C10H21NO4S/c1-7(2)10(6,8(12)13)11-16(14,15)9(3,4)5/h7,11H,1-6H3,(H,12,13)/t10-/m1/s1. The van der Waals surface area contributed by atoms with Gasteiger partial charge in [0.1, 0.15) is 5.54 Å². The van der Waals surface area contributed by atoms with Crippen LogP contribution >= 0.6 is 0 Å². The van der Waals surface area contributed by atoms with Crippen molar-refractivity contribution < 1.29 is 18.3 Å². The third kappa shape index (κ3) is 2.95. The van der Waals surface area contributed by atoms with Crippen LogP contribution in [-0.4, -0.2) is 29.8 Å². The highest BCUT2D eigenvalue weighted by molar-refractivity contribution is 7.90. The van der Waals surface area contributed by atoms with Gasteiger partial charge in [0.2, 0.25) is 10.0 Å². The van der Waals surface area contributed by atoms with Crippen LogP contribution in [0.25, 0.3) is 0 Å². The quantitative estimate of drug-likeness (QED) is 0.786. The molecule has 0 fully saturated rings. The Bertz CT molecular complexity index is 367. The Morgan fingerprint density at radius 3 is 1.75 bits per heavy atom. The molecule has 0 aromatic carbocycles. The predicted molar refractivity (Wildman–Crippen MR) is 62.7 cm³/mol. The summed E-state index contributed by atoms with van der Waals surface area (Å²) in [6.07, 6.45) is 0. The SMILES string of the molecule is CC(C)[C@@](C)(NS(=O)(=O)C(C)(C)C)C(=O)O. The Morgan fingerprint density at radius 1 is 1.19 bits per heavy atom. The molecule has 0 radical (unpaired) electrons. The average molecular weight is 251 g/mol. The van der Waals surface area contributed by atoms with Gasteiger partial charge in [0, 0.05) is 0 Å². The summed E-state index contributed by atoms with van der Waals surface area (Å²) in [6.45, 7) is 9.29. The summed E-state index contributed by atoms with van der Waals surface area (Å²) in [6, 6.07) is 0. The lowest BCUT2D eigenvalue weighted by Gasteiger charge is -2.33. The first-order chi connectivity index (χ1) is 6.84. The molecule has 16 heavy (non-hydrogen) atoms. The summed E-state index contributed by atoms with van der Waals surface area (Å²) in [5.41, 5.74) is -1.48. The van der Waals surface area contributed by atoms with E-state index in [0.717, 1.165) is 0 Å². The van der Waals surface area contributed by atoms with E-state index in [1.807, 2.05) is 0 Å². The first kappa shape index (κ1) is 15.4. The van der Waals surface area contributed by atoms with Crippen LogP contribution < -0.4 is 4.72 Å². The Labute approximate surface area is 97.3 Å². The fourth-order valence-electron chi connectivity index (χ4n) is 0.841. The van der Waals surface area contributed by atoms with Gasteiger partial charge in [-0.2, -0.15) is 4.72 Å². The highest BCUT2D eigenvalue weighted by Crippen LogP contribution is 2.22. The van der Waals surface area contributed by atoms with Crippen LogP contribution in [0, 0.1) is 5.92 Å². The number of carboxylic acids is 1. The third-order valence-corrected chi connectivity index (χ3v) is 5.06. The second-order valence-corrected chi connectivity index (χ2v) is 7.82. The third-order valence-electron chi connectivity index (χ3n) is 2.75. The zero-order valence-electron chi connectivity index (χ0n) is 10.7. The average Bonchev–Trinajstić information content (AvgIpc) is 2.00. The van der Waals surface area contributed by atoms with Crippen LogP contribution in [0.1, 0.15) is 41.5 Å². The van der Waals surface area contributed by atoms with Crippen LogP contribution in [0.3, 0.4) is 0 Å². The molecule has 0 aliphatic heterocycles. The highest BCUT2D eigenvalue weighted by atomic mass is 32.2. The molecule has 5 nitrogen and oxygen atoms in total. The van der Waals surface area contributed by atoms with Crippen molar-refractivity contribution in [1.29, 1.82) is 0 Å². The van der Waals surface area contributed by atoms with Crippen molar-refractivity contribution in [1.82, 2.24) is 4.72 Å². The molecular weight excluding hydrogens is 230 g/mol. The van der Waals surface area contributed by atoms with E-state index in [-0.39, 0.29) is 5.92 Å². The molecule has 0 rings (SSSR count). The summed E-state index contributed by atoms with van der Waals surface area (Å²) in [4.78, 5) is 11.1. The summed E-state index contributed by atoms with van der Waals surface area (Å²) >= 11 is 0. The fourth-order valence-corrected chi connectivity index (χ4v) is 2.03. The van der Waals surface area contributed by atoms with E-state index in [1.54, 1.807) is 13.8 Å². The Kier molecular flexibility index (Phi) is 4.16. The summed E-state index contributed by atoms with van der Waals surface area (Å²) in [7, 11) is -3.68. The first-order valence-corrected chi connectivity index (χ1v) is 6.60. The van der Waals surface area contributed by atoms with Gasteiger partial charge < -0.3 is 5.11 Å². The highest BCUT2D eigenvalue weighted by Gasteiger charge is 2.43. The minimum atomic E-state index is -3.68. The van der Waals surface area contributed by atoms with Crippen molar-refractivity contribution in [2.45, 2.75) is 51.8 Å². The summed E-state index contributed by atoms with van der Waals surface area (Å²) in [5.74, 6) is -1.52. The minimum Gasteiger partial charge on any atom is -0.480 e. The van der Waals surface area contributed by atoms with Gasteiger partial charge in [-0.25, -0.2) is 8.42 Å². The maximum atomic E-state index is 11.9. The molecule has 0 amide bonds. The van der Waals surface area contributed by atoms with Gasteiger partial charge in [-0.05, 0) is 33.6 Å². The van der Waals surface area contributed by atoms with E-state index >= 15 is 0 Å². The fraction of sp³-hybridized carbons (Fsp3) is 0.900. The molecule has 0 saturated carbocycles. The number of carboxylic acid groups (broad SMARTS) is 1. The van der Waals surface area contributed by atoms with E-state index < -0.39 is 26.3 Å². The van der Waals surface area contributed by atoms with Gasteiger partial charge in [-0.1, -0.05) is 13.8 Å². The number of sulfonamides is 1. The molecule has 0 aliphatic rings. The number of rotatable bonds is 4. The molecule has 0 saturated heterocycles. The van der Waals surface area contributed by atoms with Crippen LogP contribution in [0.5, 0.6) is 0 Å². The van der Waals surface area contributed by atoms with Crippen LogP contribution in [0.15, 0.2) is 0 Å². The van der Waals surface area contributed by atoms with Crippen LogP contribution in [0.2, 0.25) is 0 Å². The van der Waals surface area contributed by atoms with Gasteiger partial charge in [0.25, 0.3) is 0 Å². The number of nitrogens with one attached hydrogen (secondary N) is 1. The van der Waals surface area contributed by atoms with Gasteiger partial charge in [0.05, 0.1) is 4.75 Å². The van der Waals surface area contributed by atoms with Crippen molar-refractivity contribution in [2.24, 2.45) is 5.92 Å². The molecule has 0 aromatic rings. The van der Waals surface area contributed by atoms with E-state index in [9.17, 15) is 13.2 Å². The van der Waals surface area contributed by atoms with Gasteiger partial charge in [0.15, 0.2) is 0 Å². The Balaban J connectivity index is 5.32. The lowest BCUT2D eigenvalue weighted by molar-refractivity contribution is -0.145. The topological polar surface area (TPSA) is 83.5 Å². The molecule has 0 spiro atoms. The first-order valence-electron chi connectivity index (χ1n) is 5.11. The molecular formula is C10H21NO4S. The smallest absolute Gasteiger partial charge is 0.324 e. The second-order valence-electron chi connectivity index (χ2n) is 5.38. The molecule has 0 unspecified atom stereocenters. The zero-order chi connectivity index (χ0) is 13.4. The molecule has 0 heterocycles. The largest absolute Gasteiger partial charge is 0.480 e. The van der Waals surface area contributed by atoms with Crippen molar-refractivity contribution in [3.05, 3.63) is 0 Å². The molecule has 6 heteroatoms. The van der Waals surface area contributed by atoms with Gasteiger partial charge in [-0.15, -0.1) is 0 Å². The normalized spacial score (nSPS) is 17.2. The number of hydrogen-bond donors (Lipinski definition) is 2.